The first-order valence-electron chi connectivity index (χ1n) is 9.64. The van der Waals surface area contributed by atoms with E-state index in [0.29, 0.717) is 22.7 Å². The number of rotatable bonds is 6. The van der Waals surface area contributed by atoms with E-state index in [1.165, 1.54) is 30.3 Å². The van der Waals surface area contributed by atoms with Gasteiger partial charge in [-0.05, 0) is 48.0 Å². The molecule has 0 aliphatic carbocycles. The topological polar surface area (TPSA) is 67.9 Å². The third-order valence-electron chi connectivity index (χ3n) is 4.84. The van der Waals surface area contributed by atoms with E-state index in [1.54, 1.807) is 48.5 Å². The Morgan fingerprint density at radius 3 is 2.53 bits per heavy atom. The number of hydrogen-bond donors (Lipinski definition) is 1. The van der Waals surface area contributed by atoms with Gasteiger partial charge in [0, 0.05) is 5.56 Å². The second-order valence-corrected chi connectivity index (χ2v) is 7.28. The third kappa shape index (κ3) is 4.29. The highest BCUT2D eigenvalue weighted by Crippen LogP contribution is 2.31. The number of methoxy groups -OCH3 is 1. The maximum atomic E-state index is 14.0. The first-order chi connectivity index (χ1) is 15.5. The standard InChI is InChI=1S/C24H18ClFN2O4/c1-31-22-13-15(10-11-21(22)32-14-18-19(25)8-5-9-20(18)26)12-17-23(29)27-28(24(17)30)16-6-3-2-4-7-16/h2-13H,14H2,1H3,(H,27,29)/b17-12+. The molecule has 2 amide bonds. The molecule has 6 nitrogen and oxygen atoms in total. The van der Waals surface area contributed by atoms with Crippen LogP contribution in [0.2, 0.25) is 5.02 Å². The normalized spacial score (nSPS) is 14.6. The van der Waals surface area contributed by atoms with Crippen molar-refractivity contribution in [2.24, 2.45) is 0 Å². The molecule has 4 rings (SSSR count). The number of hydrogen-bond acceptors (Lipinski definition) is 4. The number of amides is 2. The summed E-state index contributed by atoms with van der Waals surface area (Å²) in [7, 11) is 1.46. The second kappa shape index (κ2) is 9.11. The number of benzene rings is 3. The number of anilines is 1. The molecular formula is C24H18ClFN2O4. The summed E-state index contributed by atoms with van der Waals surface area (Å²) < 4.78 is 25.0. The van der Waals surface area contributed by atoms with Crippen molar-refractivity contribution in [3.8, 4) is 11.5 Å². The Bertz CT molecular complexity index is 1190. The summed E-state index contributed by atoms with van der Waals surface area (Å²) in [4.78, 5) is 25.1. The predicted molar refractivity (Wildman–Crippen MR) is 119 cm³/mol. The summed E-state index contributed by atoms with van der Waals surface area (Å²) in [5.74, 6) is -0.715. The van der Waals surface area contributed by atoms with Crippen molar-refractivity contribution in [3.63, 3.8) is 0 Å². The number of nitrogens with zero attached hydrogens (tertiary/aromatic N) is 1. The van der Waals surface area contributed by atoms with Crippen molar-refractivity contribution < 1.29 is 23.5 Å². The van der Waals surface area contributed by atoms with Crippen LogP contribution in [0.5, 0.6) is 11.5 Å². The summed E-state index contributed by atoms with van der Waals surface area (Å²) in [6.45, 7) is -0.0881. The molecule has 0 bridgehead atoms. The Labute approximate surface area is 188 Å². The van der Waals surface area contributed by atoms with Gasteiger partial charge in [-0.3, -0.25) is 15.0 Å². The highest BCUT2D eigenvalue weighted by molar-refractivity contribution is 6.32. The van der Waals surface area contributed by atoms with Crippen LogP contribution in [-0.4, -0.2) is 18.9 Å². The molecule has 3 aromatic carbocycles. The second-order valence-electron chi connectivity index (χ2n) is 6.87. The van der Waals surface area contributed by atoms with Gasteiger partial charge in [0.2, 0.25) is 0 Å². The molecule has 32 heavy (non-hydrogen) atoms. The molecule has 1 N–H and O–H groups in total. The van der Waals surface area contributed by atoms with Crippen molar-refractivity contribution in [3.05, 3.63) is 94.3 Å². The summed E-state index contributed by atoms with van der Waals surface area (Å²) >= 11 is 6.04. The Morgan fingerprint density at radius 1 is 1.03 bits per heavy atom. The predicted octanol–water partition coefficient (Wildman–Crippen LogP) is 4.53. The fraction of sp³-hybridized carbons (Fsp3) is 0.0833. The van der Waals surface area contributed by atoms with E-state index in [0.717, 1.165) is 0 Å². The van der Waals surface area contributed by atoms with E-state index >= 15 is 0 Å². The molecule has 0 atom stereocenters. The molecule has 0 spiro atoms. The molecule has 0 saturated carbocycles. The lowest BCUT2D eigenvalue weighted by atomic mass is 10.1. The lowest BCUT2D eigenvalue weighted by Crippen LogP contribution is -2.35. The summed E-state index contributed by atoms with van der Waals surface area (Å²) in [6, 6.07) is 18.1. The Kier molecular flexibility index (Phi) is 6.09. The quantitative estimate of drug-likeness (QED) is 0.441. The van der Waals surface area contributed by atoms with Crippen molar-refractivity contribution in [1.82, 2.24) is 5.43 Å². The maximum absolute atomic E-state index is 14.0. The highest BCUT2D eigenvalue weighted by atomic mass is 35.5. The molecule has 3 aromatic rings. The van der Waals surface area contributed by atoms with Gasteiger partial charge in [0.05, 0.1) is 17.8 Å². The fourth-order valence-electron chi connectivity index (χ4n) is 3.20. The average molecular weight is 453 g/mol. The maximum Gasteiger partial charge on any atom is 0.282 e. The number of para-hydroxylation sites is 1. The van der Waals surface area contributed by atoms with Gasteiger partial charge in [0.1, 0.15) is 18.0 Å². The number of carbonyl (C=O) groups is 2. The number of carbonyl (C=O) groups excluding carboxylic acids is 2. The van der Waals surface area contributed by atoms with E-state index in [9.17, 15) is 14.0 Å². The molecular weight excluding hydrogens is 435 g/mol. The van der Waals surface area contributed by atoms with E-state index < -0.39 is 17.6 Å². The molecule has 0 unspecified atom stereocenters. The largest absolute Gasteiger partial charge is 0.493 e. The molecule has 1 aliphatic rings. The van der Waals surface area contributed by atoms with Gasteiger partial charge < -0.3 is 9.47 Å². The number of ether oxygens (including phenoxy) is 2. The van der Waals surface area contributed by atoms with Gasteiger partial charge in [-0.15, -0.1) is 0 Å². The first kappa shape index (κ1) is 21.4. The monoisotopic (exact) mass is 452 g/mol. The molecule has 1 heterocycles. The Balaban J connectivity index is 1.55. The van der Waals surface area contributed by atoms with Crippen molar-refractivity contribution in [2.45, 2.75) is 6.61 Å². The van der Waals surface area contributed by atoms with Crippen molar-refractivity contribution in [2.75, 3.05) is 12.1 Å². The van der Waals surface area contributed by atoms with Crippen LogP contribution in [-0.2, 0) is 16.2 Å². The molecule has 0 radical (unpaired) electrons. The minimum Gasteiger partial charge on any atom is -0.493 e. The molecule has 0 aromatic heterocycles. The molecule has 1 fully saturated rings. The number of nitrogens with one attached hydrogen (secondary N) is 1. The zero-order valence-electron chi connectivity index (χ0n) is 17.0. The smallest absolute Gasteiger partial charge is 0.282 e. The van der Waals surface area contributed by atoms with Crippen LogP contribution in [0, 0.1) is 5.82 Å². The van der Waals surface area contributed by atoms with Crippen LogP contribution in [0.4, 0.5) is 10.1 Å². The zero-order chi connectivity index (χ0) is 22.7. The Morgan fingerprint density at radius 2 is 1.81 bits per heavy atom. The average Bonchev–Trinajstić information content (AvgIpc) is 3.08. The SMILES string of the molecule is COc1cc(/C=C2\C(=O)NN(c3ccccc3)C2=O)ccc1OCc1c(F)cccc1Cl. The summed E-state index contributed by atoms with van der Waals surface area (Å²) in [6.07, 6.45) is 1.47. The third-order valence-corrected chi connectivity index (χ3v) is 5.19. The molecule has 1 aliphatic heterocycles. The van der Waals surface area contributed by atoms with Gasteiger partial charge >= 0.3 is 0 Å². The van der Waals surface area contributed by atoms with Crippen molar-refractivity contribution in [1.29, 1.82) is 0 Å². The highest BCUT2D eigenvalue weighted by Gasteiger charge is 2.34. The van der Waals surface area contributed by atoms with E-state index in [1.807, 2.05) is 6.07 Å². The minimum atomic E-state index is -0.507. The van der Waals surface area contributed by atoms with E-state index in [-0.39, 0.29) is 22.8 Å². The van der Waals surface area contributed by atoms with Crippen LogP contribution in [0.25, 0.3) is 6.08 Å². The van der Waals surface area contributed by atoms with Crippen LogP contribution < -0.4 is 19.9 Å². The lowest BCUT2D eigenvalue weighted by molar-refractivity contribution is -0.117. The van der Waals surface area contributed by atoms with Crippen LogP contribution >= 0.6 is 11.6 Å². The van der Waals surface area contributed by atoms with Crippen LogP contribution in [0.3, 0.4) is 0 Å². The van der Waals surface area contributed by atoms with Crippen LogP contribution in [0.1, 0.15) is 11.1 Å². The zero-order valence-corrected chi connectivity index (χ0v) is 17.7. The van der Waals surface area contributed by atoms with E-state index in [4.69, 9.17) is 21.1 Å². The van der Waals surface area contributed by atoms with Crippen molar-refractivity contribution >= 4 is 35.2 Å². The van der Waals surface area contributed by atoms with Gasteiger partial charge in [0.25, 0.3) is 11.8 Å². The Hall–Kier alpha value is -3.84. The molecule has 1 saturated heterocycles. The molecule has 162 valence electrons. The summed E-state index contributed by atoms with van der Waals surface area (Å²) in [5, 5.41) is 1.46. The van der Waals surface area contributed by atoms with Crippen LogP contribution in [0.15, 0.2) is 72.3 Å². The summed E-state index contributed by atoms with van der Waals surface area (Å²) in [5.41, 5.74) is 3.89. The lowest BCUT2D eigenvalue weighted by Gasteiger charge is -2.14. The minimum absolute atomic E-state index is 0.0114. The van der Waals surface area contributed by atoms with E-state index in [2.05, 4.69) is 5.43 Å². The number of hydrazine groups is 1. The molecule has 8 heteroatoms. The van der Waals surface area contributed by atoms with Gasteiger partial charge in [-0.1, -0.05) is 41.9 Å². The van der Waals surface area contributed by atoms with Gasteiger partial charge in [-0.2, -0.15) is 0 Å². The van der Waals surface area contributed by atoms with Gasteiger partial charge in [0.15, 0.2) is 11.5 Å². The van der Waals surface area contributed by atoms with Gasteiger partial charge in [-0.25, -0.2) is 9.40 Å². The fourth-order valence-corrected chi connectivity index (χ4v) is 3.41. The number of halogens is 2. The first-order valence-corrected chi connectivity index (χ1v) is 10.0.